The highest BCUT2D eigenvalue weighted by molar-refractivity contribution is 9.10. The van der Waals surface area contributed by atoms with Gasteiger partial charge in [0.2, 0.25) is 0 Å². The second-order valence-corrected chi connectivity index (χ2v) is 4.71. The van der Waals surface area contributed by atoms with Crippen molar-refractivity contribution in [2.24, 2.45) is 0 Å². The first-order valence-electron chi connectivity index (χ1n) is 5.72. The number of benzene rings is 1. The quantitative estimate of drug-likeness (QED) is 0.934. The zero-order chi connectivity index (χ0) is 14.4. The summed E-state index contributed by atoms with van der Waals surface area (Å²) in [6, 6.07) is 12.9. The van der Waals surface area contributed by atoms with Gasteiger partial charge in [0.1, 0.15) is 18.5 Å². The number of hydrogen-bond acceptors (Lipinski definition) is 4. The Bertz CT molecular complexity index is 653. The second kappa shape index (κ2) is 6.68. The summed E-state index contributed by atoms with van der Waals surface area (Å²) in [5.74, 6) is 0.307. The van der Waals surface area contributed by atoms with Gasteiger partial charge in [-0.15, -0.1) is 0 Å². The topological polar surface area (TPSA) is 75.0 Å². The van der Waals surface area contributed by atoms with Crippen LogP contribution in [0, 0.1) is 11.3 Å². The summed E-state index contributed by atoms with van der Waals surface area (Å²) in [4.78, 5) is 15.6. The van der Waals surface area contributed by atoms with Gasteiger partial charge in [-0.1, -0.05) is 30.3 Å². The maximum Gasteiger partial charge on any atom is 0.413 e. The number of ether oxygens (including phenoxy) is 1. The van der Waals surface area contributed by atoms with Crippen LogP contribution in [0.25, 0.3) is 0 Å². The van der Waals surface area contributed by atoms with Crippen LogP contribution < -0.4 is 5.32 Å². The van der Waals surface area contributed by atoms with Crippen LogP contribution in [0.2, 0.25) is 0 Å². The van der Waals surface area contributed by atoms with Gasteiger partial charge < -0.3 is 4.74 Å². The molecule has 1 N–H and O–H groups in total. The Morgan fingerprint density at radius 2 is 2.15 bits per heavy atom. The molecule has 0 atom stereocenters. The van der Waals surface area contributed by atoms with Crippen LogP contribution in [-0.2, 0) is 11.3 Å². The van der Waals surface area contributed by atoms with Gasteiger partial charge in [0.15, 0.2) is 0 Å². The molecule has 0 aliphatic carbocycles. The van der Waals surface area contributed by atoms with Gasteiger partial charge in [0.25, 0.3) is 0 Å². The van der Waals surface area contributed by atoms with E-state index >= 15 is 0 Å². The number of hydrogen-bond donors (Lipinski definition) is 1. The molecular formula is C14H10BrN3O2. The molecule has 1 aromatic carbocycles. The number of nitrogens with zero attached hydrogens (tertiary/aromatic N) is 2. The summed E-state index contributed by atoms with van der Waals surface area (Å²) >= 11 is 3.23. The minimum absolute atomic E-state index is 0.181. The number of carbonyl (C=O) groups is 1. The van der Waals surface area contributed by atoms with E-state index in [0.717, 1.165) is 5.56 Å². The van der Waals surface area contributed by atoms with Gasteiger partial charge in [-0.05, 0) is 27.6 Å². The number of rotatable bonds is 3. The number of pyridine rings is 1. The second-order valence-electron chi connectivity index (χ2n) is 3.85. The minimum atomic E-state index is -0.605. The first kappa shape index (κ1) is 14.0. The first-order chi connectivity index (χ1) is 9.69. The smallest absolute Gasteiger partial charge is 0.413 e. The summed E-state index contributed by atoms with van der Waals surface area (Å²) in [6.07, 6.45) is 0.768. The molecule has 0 spiro atoms. The SMILES string of the molecule is N#Cc1cnc(NC(=O)OCc2ccccc2)c(Br)c1. The van der Waals surface area contributed by atoms with E-state index in [-0.39, 0.29) is 6.61 Å². The molecule has 100 valence electrons. The number of amides is 1. The third-order valence-electron chi connectivity index (χ3n) is 2.40. The standard InChI is InChI=1S/C14H10BrN3O2/c15-12-6-11(7-16)8-17-13(12)18-14(19)20-9-10-4-2-1-3-5-10/h1-6,8H,9H2,(H,17,18,19). The highest BCUT2D eigenvalue weighted by Crippen LogP contribution is 2.20. The Morgan fingerprint density at radius 3 is 2.80 bits per heavy atom. The van der Waals surface area contributed by atoms with Crippen LogP contribution in [-0.4, -0.2) is 11.1 Å². The molecule has 1 amide bonds. The summed E-state index contributed by atoms with van der Waals surface area (Å²) in [7, 11) is 0. The van der Waals surface area contributed by atoms with Crippen molar-refractivity contribution in [2.45, 2.75) is 6.61 Å². The highest BCUT2D eigenvalue weighted by atomic mass is 79.9. The van der Waals surface area contributed by atoms with Crippen molar-refractivity contribution in [1.29, 1.82) is 5.26 Å². The third-order valence-corrected chi connectivity index (χ3v) is 3.01. The number of halogens is 1. The fourth-order valence-electron chi connectivity index (χ4n) is 1.45. The summed E-state index contributed by atoms with van der Waals surface area (Å²) in [6.45, 7) is 0.181. The lowest BCUT2D eigenvalue weighted by Gasteiger charge is -2.07. The monoisotopic (exact) mass is 331 g/mol. The van der Waals surface area contributed by atoms with Gasteiger partial charge in [-0.2, -0.15) is 5.26 Å². The van der Waals surface area contributed by atoms with Gasteiger partial charge in [-0.3, -0.25) is 5.32 Å². The van der Waals surface area contributed by atoms with Crippen molar-refractivity contribution < 1.29 is 9.53 Å². The molecule has 0 bridgehead atoms. The van der Waals surface area contributed by atoms with E-state index in [1.165, 1.54) is 6.20 Å². The fourth-order valence-corrected chi connectivity index (χ4v) is 1.90. The lowest BCUT2D eigenvalue weighted by molar-refractivity contribution is 0.155. The molecular weight excluding hydrogens is 322 g/mol. The molecule has 0 fully saturated rings. The Labute approximate surface area is 124 Å². The van der Waals surface area contributed by atoms with E-state index in [1.54, 1.807) is 6.07 Å². The predicted molar refractivity (Wildman–Crippen MR) is 76.9 cm³/mol. The van der Waals surface area contributed by atoms with E-state index in [9.17, 15) is 4.79 Å². The normalized spacial score (nSPS) is 9.60. The zero-order valence-electron chi connectivity index (χ0n) is 10.3. The molecule has 0 aliphatic rings. The highest BCUT2D eigenvalue weighted by Gasteiger charge is 2.08. The third kappa shape index (κ3) is 3.80. The summed E-state index contributed by atoms with van der Waals surface area (Å²) in [5, 5.41) is 11.2. The van der Waals surface area contributed by atoms with Gasteiger partial charge in [0.05, 0.1) is 10.0 Å². The number of anilines is 1. The van der Waals surface area contributed by atoms with E-state index < -0.39 is 6.09 Å². The van der Waals surface area contributed by atoms with E-state index in [2.05, 4.69) is 26.2 Å². The molecule has 1 aromatic heterocycles. The van der Waals surface area contributed by atoms with Crippen LogP contribution in [0.15, 0.2) is 47.1 Å². The van der Waals surface area contributed by atoms with E-state index in [0.29, 0.717) is 15.9 Å². The molecule has 5 nitrogen and oxygen atoms in total. The first-order valence-corrected chi connectivity index (χ1v) is 6.51. The maximum absolute atomic E-state index is 11.6. The van der Waals surface area contributed by atoms with E-state index in [4.69, 9.17) is 10.00 Å². The number of nitriles is 1. The van der Waals surface area contributed by atoms with Crippen molar-refractivity contribution in [3.63, 3.8) is 0 Å². The Morgan fingerprint density at radius 1 is 1.40 bits per heavy atom. The number of aromatic nitrogens is 1. The van der Waals surface area contributed by atoms with Gasteiger partial charge in [-0.25, -0.2) is 9.78 Å². The molecule has 2 aromatic rings. The Kier molecular flexibility index (Phi) is 4.69. The fraction of sp³-hybridized carbons (Fsp3) is 0.0714. The van der Waals surface area contributed by atoms with Gasteiger partial charge in [0, 0.05) is 6.20 Å². The van der Waals surface area contributed by atoms with Crippen molar-refractivity contribution in [2.75, 3.05) is 5.32 Å². The van der Waals surface area contributed by atoms with Crippen LogP contribution in [0.3, 0.4) is 0 Å². The summed E-state index contributed by atoms with van der Waals surface area (Å²) < 4.78 is 5.59. The van der Waals surface area contributed by atoms with Crippen LogP contribution in [0.5, 0.6) is 0 Å². The number of nitrogens with one attached hydrogen (secondary N) is 1. The van der Waals surface area contributed by atoms with Gasteiger partial charge >= 0.3 is 6.09 Å². The molecule has 0 radical (unpaired) electrons. The van der Waals surface area contributed by atoms with Crippen LogP contribution in [0.4, 0.5) is 10.6 Å². The number of carbonyl (C=O) groups excluding carboxylic acids is 1. The Balaban J connectivity index is 1.93. The zero-order valence-corrected chi connectivity index (χ0v) is 11.9. The molecule has 20 heavy (non-hydrogen) atoms. The average molecular weight is 332 g/mol. The van der Waals surface area contributed by atoms with E-state index in [1.807, 2.05) is 36.4 Å². The van der Waals surface area contributed by atoms with Crippen molar-refractivity contribution in [3.8, 4) is 6.07 Å². The summed E-state index contributed by atoms with van der Waals surface area (Å²) in [5.41, 5.74) is 1.30. The predicted octanol–water partition coefficient (Wildman–Crippen LogP) is 3.46. The molecule has 1 heterocycles. The maximum atomic E-state index is 11.6. The molecule has 0 saturated carbocycles. The lowest BCUT2D eigenvalue weighted by atomic mass is 10.2. The minimum Gasteiger partial charge on any atom is -0.444 e. The molecule has 0 unspecified atom stereocenters. The largest absolute Gasteiger partial charge is 0.444 e. The van der Waals surface area contributed by atoms with Crippen molar-refractivity contribution in [3.05, 3.63) is 58.2 Å². The lowest BCUT2D eigenvalue weighted by Crippen LogP contribution is -2.14. The van der Waals surface area contributed by atoms with Crippen molar-refractivity contribution >= 4 is 27.8 Å². The van der Waals surface area contributed by atoms with Crippen molar-refractivity contribution in [1.82, 2.24) is 4.98 Å². The van der Waals surface area contributed by atoms with Crippen LogP contribution >= 0.6 is 15.9 Å². The molecule has 0 saturated heterocycles. The molecule has 0 aliphatic heterocycles. The Hall–Kier alpha value is -2.39. The van der Waals surface area contributed by atoms with Crippen LogP contribution in [0.1, 0.15) is 11.1 Å². The molecule has 2 rings (SSSR count). The average Bonchev–Trinajstić information content (AvgIpc) is 2.48. The molecule has 6 heteroatoms.